The van der Waals surface area contributed by atoms with Gasteiger partial charge in [0.1, 0.15) is 18.3 Å². The smallest absolute Gasteiger partial charge is 0.186 e. The fraction of sp³-hybridized carbons (Fsp3) is 0.667. The van der Waals surface area contributed by atoms with Gasteiger partial charge in [-0.25, -0.2) is 0 Å². The largest absolute Gasteiger partial charge is 0.382 e. The summed E-state index contributed by atoms with van der Waals surface area (Å²) in [6, 6.07) is 0. The van der Waals surface area contributed by atoms with Gasteiger partial charge < -0.3 is 14.6 Å². The van der Waals surface area contributed by atoms with Crippen LogP contribution in [0.25, 0.3) is 0 Å². The monoisotopic (exact) mass is 184 g/mol. The highest BCUT2D eigenvalue weighted by atomic mass is 16.8. The molecule has 1 aliphatic heterocycles. The summed E-state index contributed by atoms with van der Waals surface area (Å²) in [6.45, 7) is 3.52. The van der Waals surface area contributed by atoms with Crippen LogP contribution in [-0.4, -0.2) is 35.0 Å². The molecule has 0 aromatic heterocycles. The van der Waals surface area contributed by atoms with E-state index in [4.69, 9.17) is 9.47 Å². The first-order chi connectivity index (χ1) is 5.99. The van der Waals surface area contributed by atoms with Crippen LogP contribution in [0.1, 0.15) is 13.8 Å². The first-order valence-corrected chi connectivity index (χ1v) is 4.25. The first-order valence-electron chi connectivity index (χ1n) is 4.25. The SMILES string of the molecule is CC1(C)O[C@H]2[C@H](C=CC(=O)[C@H]2O)O1. The molecule has 0 amide bonds. The molecular formula is C9H12O4. The third-order valence-electron chi connectivity index (χ3n) is 2.22. The van der Waals surface area contributed by atoms with Crippen LogP contribution >= 0.6 is 0 Å². The summed E-state index contributed by atoms with van der Waals surface area (Å²) in [5, 5.41) is 9.47. The fourth-order valence-corrected chi connectivity index (χ4v) is 1.66. The Morgan fingerprint density at radius 2 is 2.15 bits per heavy atom. The van der Waals surface area contributed by atoms with Crippen molar-refractivity contribution in [1.82, 2.24) is 0 Å². The van der Waals surface area contributed by atoms with Crippen LogP contribution < -0.4 is 0 Å². The predicted octanol–water partition coefficient (Wildman–Crippen LogP) is 0.00630. The highest BCUT2D eigenvalue weighted by Crippen LogP contribution is 2.32. The molecule has 3 atom stereocenters. The Balaban J connectivity index is 2.24. The summed E-state index contributed by atoms with van der Waals surface area (Å²) in [5.41, 5.74) is 0. The van der Waals surface area contributed by atoms with Crippen molar-refractivity contribution >= 4 is 5.78 Å². The quantitative estimate of drug-likeness (QED) is 0.576. The van der Waals surface area contributed by atoms with Gasteiger partial charge in [0.05, 0.1) is 0 Å². The average Bonchev–Trinajstić information content (AvgIpc) is 2.34. The lowest BCUT2D eigenvalue weighted by molar-refractivity contribution is -0.156. The number of hydrogen-bond acceptors (Lipinski definition) is 4. The number of ketones is 1. The van der Waals surface area contributed by atoms with Gasteiger partial charge in [-0.1, -0.05) is 0 Å². The zero-order valence-corrected chi connectivity index (χ0v) is 7.56. The van der Waals surface area contributed by atoms with Crippen molar-refractivity contribution in [3.05, 3.63) is 12.2 Å². The topological polar surface area (TPSA) is 55.8 Å². The number of aliphatic hydroxyl groups is 1. The minimum atomic E-state index is -1.09. The normalized spacial score (nSPS) is 42.1. The van der Waals surface area contributed by atoms with Crippen LogP contribution in [0.15, 0.2) is 12.2 Å². The van der Waals surface area contributed by atoms with E-state index in [0.717, 1.165) is 0 Å². The molecule has 0 unspecified atom stereocenters. The van der Waals surface area contributed by atoms with E-state index in [0.29, 0.717) is 0 Å². The van der Waals surface area contributed by atoms with Crippen molar-refractivity contribution in [2.24, 2.45) is 0 Å². The van der Waals surface area contributed by atoms with Crippen LogP contribution in [0.3, 0.4) is 0 Å². The molecule has 1 aliphatic carbocycles. The van der Waals surface area contributed by atoms with Gasteiger partial charge in [0.2, 0.25) is 0 Å². The molecule has 2 rings (SSSR count). The Kier molecular flexibility index (Phi) is 1.80. The van der Waals surface area contributed by atoms with Crippen molar-refractivity contribution < 1.29 is 19.4 Å². The summed E-state index contributed by atoms with van der Waals surface area (Å²) in [4.78, 5) is 11.1. The van der Waals surface area contributed by atoms with Gasteiger partial charge in [-0.05, 0) is 26.0 Å². The minimum Gasteiger partial charge on any atom is -0.382 e. The molecule has 1 N–H and O–H groups in total. The second-order valence-electron chi connectivity index (χ2n) is 3.77. The van der Waals surface area contributed by atoms with E-state index in [2.05, 4.69) is 0 Å². The van der Waals surface area contributed by atoms with Gasteiger partial charge in [-0.2, -0.15) is 0 Å². The second-order valence-corrected chi connectivity index (χ2v) is 3.77. The second kappa shape index (κ2) is 2.64. The van der Waals surface area contributed by atoms with E-state index in [1.54, 1.807) is 19.9 Å². The Hall–Kier alpha value is -0.710. The number of carbonyl (C=O) groups excluding carboxylic acids is 1. The maximum Gasteiger partial charge on any atom is 0.186 e. The minimum absolute atomic E-state index is 0.303. The van der Waals surface area contributed by atoms with Gasteiger partial charge in [0.25, 0.3) is 0 Å². The molecule has 1 fully saturated rings. The Morgan fingerprint density at radius 1 is 1.46 bits per heavy atom. The van der Waals surface area contributed by atoms with Gasteiger partial charge >= 0.3 is 0 Å². The van der Waals surface area contributed by atoms with Gasteiger partial charge in [-0.15, -0.1) is 0 Å². The number of carbonyl (C=O) groups is 1. The summed E-state index contributed by atoms with van der Waals surface area (Å²) in [5.74, 6) is -1.03. The number of hydrogen-bond donors (Lipinski definition) is 1. The van der Waals surface area contributed by atoms with Crippen molar-refractivity contribution in [3.8, 4) is 0 Å². The van der Waals surface area contributed by atoms with Crippen molar-refractivity contribution in [2.45, 2.75) is 37.9 Å². The molecule has 0 aromatic rings. The summed E-state index contributed by atoms with van der Waals surface area (Å²) >= 11 is 0. The van der Waals surface area contributed by atoms with Gasteiger partial charge in [0, 0.05) is 0 Å². The zero-order valence-electron chi connectivity index (χ0n) is 7.56. The van der Waals surface area contributed by atoms with Gasteiger partial charge in [-0.3, -0.25) is 4.79 Å². The van der Waals surface area contributed by atoms with Crippen LogP contribution in [0, 0.1) is 0 Å². The maximum absolute atomic E-state index is 11.1. The number of ether oxygens (including phenoxy) is 2. The molecule has 4 nitrogen and oxygen atoms in total. The van der Waals surface area contributed by atoms with Crippen LogP contribution in [0.5, 0.6) is 0 Å². The molecule has 2 aliphatic rings. The fourth-order valence-electron chi connectivity index (χ4n) is 1.66. The van der Waals surface area contributed by atoms with Crippen molar-refractivity contribution in [1.29, 1.82) is 0 Å². The molecule has 0 radical (unpaired) electrons. The molecule has 72 valence electrons. The highest BCUT2D eigenvalue weighted by Gasteiger charge is 2.47. The van der Waals surface area contributed by atoms with E-state index >= 15 is 0 Å². The molecule has 0 spiro atoms. The Bertz CT molecular complexity index is 269. The third-order valence-corrected chi connectivity index (χ3v) is 2.22. The van der Waals surface area contributed by atoms with Crippen molar-refractivity contribution in [3.63, 3.8) is 0 Å². The number of fused-ring (bicyclic) bond motifs is 1. The van der Waals surface area contributed by atoms with E-state index in [1.807, 2.05) is 0 Å². The Labute approximate surface area is 76.1 Å². The zero-order chi connectivity index (χ0) is 9.64. The van der Waals surface area contributed by atoms with E-state index < -0.39 is 18.0 Å². The van der Waals surface area contributed by atoms with Crippen LogP contribution in [0.4, 0.5) is 0 Å². The van der Waals surface area contributed by atoms with E-state index in [9.17, 15) is 9.90 Å². The predicted molar refractivity (Wildman–Crippen MR) is 44.0 cm³/mol. The van der Waals surface area contributed by atoms with Crippen molar-refractivity contribution in [2.75, 3.05) is 0 Å². The lowest BCUT2D eigenvalue weighted by Gasteiger charge is -2.21. The standard InChI is InChI=1S/C9H12O4/c1-9(2)12-6-4-3-5(10)7(11)8(6)13-9/h3-4,6-8,11H,1-2H3/t6-,7+,8-/m0/s1. The van der Waals surface area contributed by atoms with E-state index in [-0.39, 0.29) is 11.9 Å². The summed E-state index contributed by atoms with van der Waals surface area (Å²) < 4.78 is 10.8. The lowest BCUT2D eigenvalue weighted by atomic mass is 9.98. The highest BCUT2D eigenvalue weighted by molar-refractivity contribution is 5.95. The number of rotatable bonds is 0. The van der Waals surface area contributed by atoms with Crippen LogP contribution in [0.2, 0.25) is 0 Å². The average molecular weight is 184 g/mol. The van der Waals surface area contributed by atoms with E-state index in [1.165, 1.54) is 6.08 Å². The summed E-state index contributed by atoms with van der Waals surface area (Å²) in [7, 11) is 0. The van der Waals surface area contributed by atoms with Crippen LogP contribution in [-0.2, 0) is 14.3 Å². The summed E-state index contributed by atoms with van der Waals surface area (Å²) in [6.07, 6.45) is 1.04. The first kappa shape index (κ1) is 8.87. The maximum atomic E-state index is 11.1. The molecule has 13 heavy (non-hydrogen) atoms. The number of aliphatic hydroxyl groups excluding tert-OH is 1. The Morgan fingerprint density at radius 3 is 2.85 bits per heavy atom. The third kappa shape index (κ3) is 1.41. The lowest BCUT2D eigenvalue weighted by Crippen LogP contribution is -2.42. The molecule has 4 heteroatoms. The molecule has 1 saturated heterocycles. The molecular weight excluding hydrogens is 172 g/mol. The molecule has 0 saturated carbocycles. The molecule has 1 heterocycles. The molecule has 0 bridgehead atoms. The molecule has 0 aromatic carbocycles. The van der Waals surface area contributed by atoms with Gasteiger partial charge in [0.15, 0.2) is 11.6 Å².